The van der Waals surface area contributed by atoms with E-state index in [1.165, 1.54) is 91.3 Å². The molecule has 676 valence electrons. The maximum atomic E-state index is 12.6. The average Bonchev–Trinajstić information content (AvgIpc) is 1.62. The van der Waals surface area contributed by atoms with E-state index in [-0.39, 0.29) is 52.9 Å². The maximum absolute atomic E-state index is 12.6. The molecule has 9 aliphatic carbocycles. The summed E-state index contributed by atoms with van der Waals surface area (Å²) in [5.74, 6) is 9.74. The first-order chi connectivity index (χ1) is 62.4. The summed E-state index contributed by atoms with van der Waals surface area (Å²) in [4.78, 5) is 72.9. The van der Waals surface area contributed by atoms with Crippen molar-refractivity contribution in [3.05, 3.63) is 212 Å². The fraction of sp³-hybridized carbons (Fsp3) is 0.446. The van der Waals surface area contributed by atoms with Crippen LogP contribution >= 0.6 is 34.8 Å². The number of nitrogens with two attached hydrogens (primary N) is 3. The van der Waals surface area contributed by atoms with Crippen LogP contribution < -0.4 is 69.8 Å². The molecule has 34 nitrogen and oxygen atoms in total. The van der Waals surface area contributed by atoms with E-state index in [9.17, 15) is 14.4 Å². The Kier molecular flexibility index (Phi) is 32.2. The summed E-state index contributed by atoms with van der Waals surface area (Å²) >= 11 is 16.4. The number of nitriles is 2. The van der Waals surface area contributed by atoms with E-state index in [0.717, 1.165) is 155 Å². The van der Waals surface area contributed by atoms with Gasteiger partial charge in [-0.2, -0.15) is 35.8 Å². The number of ether oxygens (including phenoxy) is 2. The number of hydrogen-bond donors (Lipinski definition) is 15. The summed E-state index contributed by atoms with van der Waals surface area (Å²) in [6, 6.07) is 39.5. The molecule has 7 aromatic heterocycles. The fourth-order valence-corrected chi connectivity index (χ4v) is 16.3. The smallest absolute Gasteiger partial charge is 0.412 e. The van der Waals surface area contributed by atoms with Crippen LogP contribution in [0.15, 0.2) is 151 Å². The number of benzene rings is 3. The van der Waals surface area contributed by atoms with Crippen LogP contribution in [0.3, 0.4) is 0 Å². The number of rotatable bonds is 19. The minimum Gasteiger partial charge on any atom is -0.444 e. The van der Waals surface area contributed by atoms with Crippen molar-refractivity contribution in [2.45, 2.75) is 247 Å². The molecule has 10 aromatic rings. The number of aliphatic imine (C=N–C) groups is 1. The zero-order valence-corrected chi connectivity index (χ0v) is 74.8. The third-order valence-corrected chi connectivity index (χ3v) is 23.7. The summed E-state index contributed by atoms with van der Waals surface area (Å²) in [6.45, 7) is 6.46. The number of aromatic nitrogens is 14. The molecule has 2 atom stereocenters. The molecule has 0 radical (unpaired) electrons. The number of nitrogens with one attached hydrogen (secondary N) is 12. The van der Waals surface area contributed by atoms with Crippen molar-refractivity contribution < 1.29 is 23.9 Å². The van der Waals surface area contributed by atoms with Crippen molar-refractivity contribution in [2.24, 2.45) is 28.1 Å². The van der Waals surface area contributed by atoms with E-state index < -0.39 is 11.7 Å². The van der Waals surface area contributed by atoms with Crippen molar-refractivity contribution >= 4 is 106 Å². The number of H-pyrrole nitrogens is 3. The molecule has 18 N–H and O–H groups in total. The molecule has 1 aliphatic heterocycles. The Hall–Kier alpha value is -12.6. The summed E-state index contributed by atoms with van der Waals surface area (Å²) in [6.07, 6.45) is 33.0. The monoisotopic (exact) mass is 1810 g/mol. The number of halogens is 3. The van der Waals surface area contributed by atoms with Gasteiger partial charge in [-0.3, -0.25) is 20.3 Å². The fourth-order valence-electron chi connectivity index (χ4n) is 15.8. The number of amidine groups is 1. The number of nitrogens with zero attached hydrogens (tertiary/aromatic N) is 14. The van der Waals surface area contributed by atoms with Crippen LogP contribution in [0.2, 0.25) is 15.7 Å². The highest BCUT2D eigenvalue weighted by Crippen LogP contribution is 2.42. The van der Waals surface area contributed by atoms with Gasteiger partial charge in [0.25, 0.3) is 0 Å². The van der Waals surface area contributed by atoms with Crippen LogP contribution in [-0.4, -0.2) is 155 Å². The zero-order valence-electron chi connectivity index (χ0n) is 72.6. The lowest BCUT2D eigenvalue weighted by Gasteiger charge is -2.30. The number of alkyl carbamates (subject to hydrolysis) is 1. The molecule has 20 rings (SSSR count). The molecule has 8 heterocycles. The topological polar surface area (TPSA) is 505 Å². The molecule has 0 saturated heterocycles. The maximum Gasteiger partial charge on any atom is 0.412 e. The van der Waals surface area contributed by atoms with Gasteiger partial charge in [0, 0.05) is 126 Å². The molecule has 4 amide bonds. The molecule has 7 saturated carbocycles. The Balaban J connectivity index is 0.000000128. The van der Waals surface area contributed by atoms with E-state index in [4.69, 9.17) is 72.0 Å². The van der Waals surface area contributed by atoms with Crippen molar-refractivity contribution in [1.29, 1.82) is 10.5 Å². The molecule has 3 aromatic carbocycles. The van der Waals surface area contributed by atoms with Crippen LogP contribution in [0.1, 0.15) is 217 Å². The van der Waals surface area contributed by atoms with Crippen molar-refractivity contribution in [2.75, 3.05) is 33.1 Å². The Morgan fingerprint density at radius 3 is 1.29 bits per heavy atom. The normalized spacial score (nSPS) is 20.8. The largest absolute Gasteiger partial charge is 0.444 e. The summed E-state index contributed by atoms with van der Waals surface area (Å²) in [7, 11) is 0. The van der Waals surface area contributed by atoms with Gasteiger partial charge in [-0.05, 0) is 299 Å². The summed E-state index contributed by atoms with van der Waals surface area (Å²) in [5.41, 5.74) is 27.8. The van der Waals surface area contributed by atoms with Gasteiger partial charge in [-0.25, -0.2) is 44.3 Å². The van der Waals surface area contributed by atoms with Crippen LogP contribution in [0.5, 0.6) is 5.75 Å². The van der Waals surface area contributed by atoms with Gasteiger partial charge in [-0.15, -0.1) is 0 Å². The standard InChI is InChI=1S/C27H31N9O.C17H14N2O2.C16H23N7.C11H22N2O2.C10H10ClN5.C7H10N2.C4H2Cl2N2/c28-15-16-1-2-18-12-22(13-19(18)11-16)32-27(37)31-21-7-5-20(6-8-21)30-26-29-10-9-24(34-26)33-25-14-23(35-36-25)17-3-4-17;18-11-12-6-7-13-9-15(10-14(13)8-12)19-17(20)21-16-4-2-1-3-5-16;17-11-3-5-12(6-4-11)19-16-18-8-7-14(21-16)20-15-9-13(22-23-15)10-1-2-10;1-11(2,3)15-10(14)13-9-6-4-8(12)5-7-9;11-10-12-4-3-8(14-10)13-9-5-7(15-16-9)6-1-2-6;8-7-3-6(4-9-7)5-1-2-5;5-3-1-2-7-4(6)8-3/h1-2,9-11,14,17,20-22H,3-8,12-13H2,(H2,31,32,37)(H3,29,30,33,34,35,36);1-8,15H,9-10H2,(H,19,20);7-12H,1-6,17H2,(H3,18,19,20,21,22,23);8-9H,4-7,12H2,1-3H3,(H,13,14);3-6H,1-2H2,(H2,12,13,14,15,16);3,5H,1-2,4H2,(H2,8,9);1-2H. The molecular weight excluding hydrogens is 1700 g/mol. The van der Waals surface area contributed by atoms with E-state index >= 15 is 0 Å². The SMILES string of the molecule is CC(C)(C)OC(=O)NC1CCC(N)CC1.Clc1ccnc(Cl)n1.Clc1nccc(Nc2cc(C3CC3)[nH]n2)n1.N#Cc1ccc2c(c1)CC(NC(=O)NC1CCC(Nc3nccc(Nc4cc(C5CC5)[nH]n4)n3)CC1)C2.N#Cc1ccc2c(c1)CC(NC(=O)Oc1ccccc1)C2.NC1=NCC(C2CC2)=C1.NC1CCC(Nc2nccc(Nc3cc(C4CC4)[nH]n3)n2)CC1. The van der Waals surface area contributed by atoms with E-state index in [2.05, 4.69) is 142 Å². The number of fused-ring (bicyclic) bond motifs is 2. The molecule has 10 aliphatic rings. The molecular formula is C92H112Cl3N29O5. The highest BCUT2D eigenvalue weighted by Gasteiger charge is 2.33. The van der Waals surface area contributed by atoms with Gasteiger partial charge in [-0.1, -0.05) is 41.9 Å². The second-order valence-corrected chi connectivity index (χ2v) is 36.1. The van der Waals surface area contributed by atoms with E-state index in [0.29, 0.717) is 81.4 Å². The van der Waals surface area contributed by atoms with Crippen molar-refractivity contribution in [3.8, 4) is 17.9 Å². The van der Waals surface area contributed by atoms with Gasteiger partial charge in [0.15, 0.2) is 17.5 Å². The Bertz CT molecular complexity index is 5520. The first-order valence-electron chi connectivity index (χ1n) is 44.4. The lowest BCUT2D eigenvalue weighted by atomic mass is 9.91. The average molecular weight is 1810 g/mol. The lowest BCUT2D eigenvalue weighted by Crippen LogP contribution is -2.48. The number of amides is 4. The number of aromatic amines is 3. The van der Waals surface area contributed by atoms with Crippen LogP contribution in [0, 0.1) is 28.6 Å². The predicted octanol–water partition coefficient (Wildman–Crippen LogP) is 15.9. The second kappa shape index (κ2) is 44.9. The van der Waals surface area contributed by atoms with E-state index in [1.807, 2.05) is 106 Å². The molecule has 0 bridgehead atoms. The third-order valence-electron chi connectivity index (χ3n) is 23.2. The predicted molar refractivity (Wildman–Crippen MR) is 497 cm³/mol. The number of anilines is 8. The Morgan fingerprint density at radius 2 is 0.853 bits per heavy atom. The minimum absolute atomic E-state index is 0.0187. The van der Waals surface area contributed by atoms with Gasteiger partial charge >= 0.3 is 18.2 Å². The number of carbonyl (C=O) groups excluding carboxylic acids is 3. The number of hydrogen-bond acceptors (Lipinski definition) is 27. The molecule has 7 fully saturated rings. The van der Waals surface area contributed by atoms with Crippen molar-refractivity contribution in [3.63, 3.8) is 0 Å². The quantitative estimate of drug-likeness (QED) is 0.0264. The third kappa shape index (κ3) is 30.5. The highest BCUT2D eigenvalue weighted by molar-refractivity contribution is 6.31. The van der Waals surface area contributed by atoms with Crippen LogP contribution in [0.4, 0.5) is 61.2 Å². The van der Waals surface area contributed by atoms with Gasteiger partial charge in [0.2, 0.25) is 22.5 Å². The number of urea groups is 1. The number of carbonyl (C=O) groups is 3. The number of para-hydroxylation sites is 1. The zero-order chi connectivity index (χ0) is 90.2. The van der Waals surface area contributed by atoms with Crippen molar-refractivity contribution in [1.82, 2.24) is 91.7 Å². The molecule has 129 heavy (non-hydrogen) atoms. The van der Waals surface area contributed by atoms with Crippen LogP contribution in [-0.2, 0) is 30.4 Å². The Morgan fingerprint density at radius 1 is 0.442 bits per heavy atom. The van der Waals surface area contributed by atoms with E-state index in [1.54, 1.807) is 42.9 Å². The highest BCUT2D eigenvalue weighted by atomic mass is 35.5. The first-order valence-corrected chi connectivity index (χ1v) is 45.5. The molecule has 2 unspecified atom stereocenters. The molecule has 37 heteroatoms. The Labute approximate surface area is 764 Å². The summed E-state index contributed by atoms with van der Waals surface area (Å²) in [5, 5.41) is 69.2. The lowest BCUT2D eigenvalue weighted by molar-refractivity contribution is 0.0491. The summed E-state index contributed by atoms with van der Waals surface area (Å²) < 4.78 is 10.4. The van der Waals surface area contributed by atoms with Gasteiger partial charge in [0.05, 0.1) is 29.8 Å². The molecule has 0 spiro atoms. The van der Waals surface area contributed by atoms with Crippen LogP contribution in [0.25, 0.3) is 0 Å². The van der Waals surface area contributed by atoms with Gasteiger partial charge < -0.3 is 74.5 Å². The van der Waals surface area contributed by atoms with Gasteiger partial charge in [0.1, 0.15) is 39.8 Å². The second-order valence-electron chi connectivity index (χ2n) is 35.0. The first kappa shape index (κ1) is 92.6. The minimum atomic E-state index is -0.445.